The van der Waals surface area contributed by atoms with E-state index in [4.69, 9.17) is 9.84 Å². The van der Waals surface area contributed by atoms with Crippen molar-refractivity contribution < 1.29 is 19.4 Å². The summed E-state index contributed by atoms with van der Waals surface area (Å²) in [6, 6.07) is 18.1. The molecule has 5 rings (SSSR count). The number of para-hydroxylation sites is 1. The number of anilines is 2. The van der Waals surface area contributed by atoms with Crippen molar-refractivity contribution in [3.8, 4) is 28.1 Å². The highest BCUT2D eigenvalue weighted by Crippen LogP contribution is 2.33. The maximum atomic E-state index is 13.2. The first-order valence-corrected chi connectivity index (χ1v) is 11.9. The van der Waals surface area contributed by atoms with Gasteiger partial charge >= 0.3 is 0 Å². The number of nitrogens with zero attached hydrogens (tertiary/aromatic N) is 4. The number of pyridine rings is 1. The average molecular weight is 513 g/mol. The fraction of sp³-hybridized carbons (Fsp3) is 0.0769. The molecule has 5 aromatic rings. The zero-order chi connectivity index (χ0) is 25.8. The van der Waals surface area contributed by atoms with Gasteiger partial charge in [0, 0.05) is 22.4 Å². The molecule has 0 bridgehead atoms. The van der Waals surface area contributed by atoms with E-state index in [1.807, 2.05) is 48.5 Å². The number of aliphatic hydroxyl groups excluding tert-OH is 1. The monoisotopic (exact) mass is 512 g/mol. The van der Waals surface area contributed by atoms with Gasteiger partial charge < -0.3 is 15.2 Å². The van der Waals surface area contributed by atoms with Gasteiger partial charge in [0.1, 0.15) is 22.7 Å². The van der Waals surface area contributed by atoms with Crippen LogP contribution in [0, 0.1) is 0 Å². The summed E-state index contributed by atoms with van der Waals surface area (Å²) in [7, 11) is 1.57. The summed E-state index contributed by atoms with van der Waals surface area (Å²) in [5.41, 5.74) is 4.42. The molecule has 0 aliphatic carbocycles. The number of fused-ring (bicyclic) bond motifs is 1. The lowest BCUT2D eigenvalue weighted by Gasteiger charge is -2.11. The van der Waals surface area contributed by atoms with Gasteiger partial charge in [0.05, 0.1) is 30.8 Å². The molecule has 0 saturated carbocycles. The van der Waals surface area contributed by atoms with Crippen LogP contribution in [0.3, 0.4) is 0 Å². The van der Waals surface area contributed by atoms with Crippen LogP contribution in [0.15, 0.2) is 73.1 Å². The van der Waals surface area contributed by atoms with Crippen LogP contribution in [0.25, 0.3) is 32.7 Å². The van der Waals surface area contributed by atoms with Gasteiger partial charge in [0.25, 0.3) is 5.91 Å². The fourth-order valence-corrected chi connectivity index (χ4v) is 4.54. The van der Waals surface area contributed by atoms with Crippen molar-refractivity contribution in [3.63, 3.8) is 0 Å². The molecular formula is C26H20N6O4S. The van der Waals surface area contributed by atoms with E-state index in [1.54, 1.807) is 19.2 Å². The topological polar surface area (TPSA) is 139 Å². The number of thiazole rings is 1. The quantitative estimate of drug-likeness (QED) is 0.297. The Morgan fingerprint density at radius 3 is 2.49 bits per heavy atom. The number of carbonyl (C=O) groups excluding carboxylic acids is 2. The molecule has 10 nitrogen and oxygen atoms in total. The van der Waals surface area contributed by atoms with E-state index >= 15 is 0 Å². The molecule has 0 aliphatic rings. The lowest BCUT2D eigenvalue weighted by atomic mass is 10.0. The van der Waals surface area contributed by atoms with Crippen LogP contribution in [0.5, 0.6) is 5.75 Å². The number of amides is 2. The molecule has 0 unspecified atom stereocenters. The Kier molecular flexibility index (Phi) is 6.79. The Morgan fingerprint density at radius 2 is 1.70 bits per heavy atom. The van der Waals surface area contributed by atoms with Gasteiger partial charge in [0.15, 0.2) is 5.13 Å². The van der Waals surface area contributed by atoms with Crippen molar-refractivity contribution >= 4 is 44.3 Å². The summed E-state index contributed by atoms with van der Waals surface area (Å²) in [6.45, 7) is -0.580. The summed E-state index contributed by atoms with van der Waals surface area (Å²) in [4.78, 5) is 34.4. The number of hydrogen-bond acceptors (Lipinski definition) is 9. The number of benzene rings is 2. The highest BCUT2D eigenvalue weighted by Gasteiger charge is 2.18. The molecule has 3 aromatic heterocycles. The van der Waals surface area contributed by atoms with Crippen LogP contribution in [0.1, 0.15) is 10.4 Å². The first-order chi connectivity index (χ1) is 18.1. The van der Waals surface area contributed by atoms with Crippen LogP contribution in [-0.4, -0.2) is 50.8 Å². The molecule has 11 heteroatoms. The lowest BCUT2D eigenvalue weighted by Crippen LogP contribution is -2.15. The third-order valence-electron chi connectivity index (χ3n) is 5.46. The highest BCUT2D eigenvalue weighted by atomic mass is 32.1. The maximum absolute atomic E-state index is 13.2. The van der Waals surface area contributed by atoms with Gasteiger partial charge in [-0.25, -0.2) is 9.97 Å². The van der Waals surface area contributed by atoms with Crippen molar-refractivity contribution in [2.75, 3.05) is 24.4 Å². The first-order valence-electron chi connectivity index (χ1n) is 11.1. The molecule has 0 radical (unpaired) electrons. The molecule has 2 aromatic carbocycles. The van der Waals surface area contributed by atoms with Crippen molar-refractivity contribution in [2.24, 2.45) is 0 Å². The number of aliphatic hydroxyl groups is 1. The summed E-state index contributed by atoms with van der Waals surface area (Å²) in [6.07, 6.45) is 2.94. The predicted octanol–water partition coefficient (Wildman–Crippen LogP) is 4.01. The Morgan fingerprint density at radius 1 is 0.919 bits per heavy atom. The smallest absolute Gasteiger partial charge is 0.259 e. The summed E-state index contributed by atoms with van der Waals surface area (Å²) in [5.74, 6) is -0.246. The molecule has 2 amide bonds. The second-order valence-corrected chi connectivity index (χ2v) is 8.77. The highest BCUT2D eigenvalue weighted by molar-refractivity contribution is 7.22. The minimum Gasteiger partial charge on any atom is -0.496 e. The number of hydrogen-bond donors (Lipinski definition) is 3. The van der Waals surface area contributed by atoms with Gasteiger partial charge in [-0.15, -0.1) is 0 Å². The van der Waals surface area contributed by atoms with E-state index in [-0.39, 0.29) is 5.91 Å². The Labute approximate surface area is 215 Å². The minimum absolute atomic E-state index is 0.334. The fourth-order valence-electron chi connectivity index (χ4n) is 3.70. The number of carbonyl (C=O) groups is 2. The third-order valence-corrected chi connectivity index (χ3v) is 6.34. The molecule has 0 aliphatic heterocycles. The molecule has 0 spiro atoms. The number of rotatable bonds is 7. The maximum Gasteiger partial charge on any atom is 0.259 e. The molecule has 184 valence electrons. The Balaban J connectivity index is 1.38. The van der Waals surface area contributed by atoms with Crippen molar-refractivity contribution in [3.05, 3.63) is 78.6 Å². The zero-order valence-electron chi connectivity index (χ0n) is 19.5. The second kappa shape index (κ2) is 10.5. The standard InChI is InChI=1S/C26H20N6O4S/c1-36-22-5-3-2-4-17(22)18-12-27-28-13-19(18)24(35)32-26-31-21-11-10-20(30-25(21)37-26)15-6-8-16(9-7-15)29-23(34)14-33/h2-13,33H,14H2,1H3,(H,29,34)(H,31,32,35). The molecule has 0 fully saturated rings. The summed E-state index contributed by atoms with van der Waals surface area (Å²) in [5, 5.41) is 22.5. The Bertz CT molecular complexity index is 1600. The van der Waals surface area contributed by atoms with Crippen LogP contribution in [0.4, 0.5) is 10.8 Å². The summed E-state index contributed by atoms with van der Waals surface area (Å²) < 4.78 is 5.44. The SMILES string of the molecule is COc1ccccc1-c1cnncc1C(=O)Nc1nc2ccc(-c3ccc(NC(=O)CO)cc3)nc2s1. The van der Waals surface area contributed by atoms with Gasteiger partial charge in [0.2, 0.25) is 5.91 Å². The molecule has 37 heavy (non-hydrogen) atoms. The zero-order valence-corrected chi connectivity index (χ0v) is 20.3. The van der Waals surface area contributed by atoms with Crippen LogP contribution in [0.2, 0.25) is 0 Å². The van der Waals surface area contributed by atoms with E-state index in [0.717, 1.165) is 11.1 Å². The van der Waals surface area contributed by atoms with Gasteiger partial charge in [-0.2, -0.15) is 10.2 Å². The first kappa shape index (κ1) is 24.0. The van der Waals surface area contributed by atoms with E-state index < -0.39 is 12.5 Å². The number of methoxy groups -OCH3 is 1. The molecule has 0 atom stereocenters. The van der Waals surface area contributed by atoms with Crippen LogP contribution < -0.4 is 15.4 Å². The summed E-state index contributed by atoms with van der Waals surface area (Å²) >= 11 is 1.25. The molecular weight excluding hydrogens is 492 g/mol. The van der Waals surface area contributed by atoms with Gasteiger partial charge in [-0.1, -0.05) is 41.7 Å². The molecule has 3 heterocycles. The van der Waals surface area contributed by atoms with E-state index in [2.05, 4.69) is 30.8 Å². The third kappa shape index (κ3) is 5.13. The van der Waals surface area contributed by atoms with Gasteiger partial charge in [-0.3, -0.25) is 14.9 Å². The van der Waals surface area contributed by atoms with Crippen LogP contribution >= 0.6 is 11.3 Å². The molecule has 0 saturated heterocycles. The van der Waals surface area contributed by atoms with Crippen molar-refractivity contribution in [1.82, 2.24) is 20.2 Å². The second-order valence-electron chi connectivity index (χ2n) is 7.79. The lowest BCUT2D eigenvalue weighted by molar-refractivity contribution is -0.118. The van der Waals surface area contributed by atoms with Crippen molar-refractivity contribution in [2.45, 2.75) is 0 Å². The molecule has 3 N–H and O–H groups in total. The van der Waals surface area contributed by atoms with Gasteiger partial charge in [-0.05, 0) is 30.3 Å². The van der Waals surface area contributed by atoms with Crippen molar-refractivity contribution in [1.29, 1.82) is 0 Å². The van der Waals surface area contributed by atoms with E-state index in [9.17, 15) is 9.59 Å². The Hall–Kier alpha value is -4.74. The number of ether oxygens (including phenoxy) is 1. The van der Waals surface area contributed by atoms with E-state index in [1.165, 1.54) is 23.7 Å². The van der Waals surface area contributed by atoms with E-state index in [0.29, 0.717) is 43.7 Å². The predicted molar refractivity (Wildman–Crippen MR) is 141 cm³/mol. The minimum atomic E-state index is -0.580. The normalized spacial score (nSPS) is 10.8. The van der Waals surface area contributed by atoms with Crippen LogP contribution in [-0.2, 0) is 4.79 Å². The largest absolute Gasteiger partial charge is 0.496 e. The average Bonchev–Trinajstić information content (AvgIpc) is 3.34. The number of aromatic nitrogens is 4. The number of nitrogens with one attached hydrogen (secondary N) is 2.